The van der Waals surface area contributed by atoms with Crippen molar-refractivity contribution in [2.24, 2.45) is 0 Å². The largest absolute Gasteiger partial charge is 0.353 e. The van der Waals surface area contributed by atoms with Gasteiger partial charge in [0.1, 0.15) is 12.1 Å². The molecule has 1 aliphatic rings. The fraction of sp³-hybridized carbons (Fsp3) is 0.727. The maximum absolute atomic E-state index is 11.8. The van der Waals surface area contributed by atoms with Crippen LogP contribution in [0.5, 0.6) is 0 Å². The van der Waals surface area contributed by atoms with Crippen LogP contribution in [-0.2, 0) is 14.4 Å². The predicted octanol–water partition coefficient (Wildman–Crippen LogP) is -1.94. The Kier molecular flexibility index (Phi) is 5.08. The van der Waals surface area contributed by atoms with Crippen molar-refractivity contribution in [3.8, 4) is 0 Å². The zero-order valence-corrected chi connectivity index (χ0v) is 10.9. The number of amides is 3. The second-order valence-corrected chi connectivity index (χ2v) is 4.32. The summed E-state index contributed by atoms with van der Waals surface area (Å²) in [6, 6.07) is -1.05. The van der Waals surface area contributed by atoms with Crippen molar-refractivity contribution in [3.63, 3.8) is 0 Å². The monoisotopic (exact) mass is 256 g/mol. The number of hydrogen-bond acceptors (Lipinski definition) is 4. The van der Waals surface area contributed by atoms with E-state index in [1.54, 1.807) is 18.9 Å². The maximum Gasteiger partial charge on any atom is 0.244 e. The Morgan fingerprint density at radius 2 is 2.22 bits per heavy atom. The summed E-state index contributed by atoms with van der Waals surface area (Å²) in [5.74, 6) is -0.542. The molecule has 0 spiro atoms. The summed E-state index contributed by atoms with van der Waals surface area (Å²) in [5.41, 5.74) is 0. The van der Waals surface area contributed by atoms with Gasteiger partial charge in [0.05, 0.1) is 6.54 Å². The van der Waals surface area contributed by atoms with Gasteiger partial charge in [-0.1, -0.05) is 0 Å². The third-order valence-corrected chi connectivity index (χ3v) is 2.91. The van der Waals surface area contributed by atoms with Crippen LogP contribution >= 0.6 is 0 Å². The summed E-state index contributed by atoms with van der Waals surface area (Å²) in [7, 11) is 1.68. The Hall–Kier alpha value is -1.63. The number of hydrogen-bond donors (Lipinski definition) is 3. The first-order chi connectivity index (χ1) is 8.45. The van der Waals surface area contributed by atoms with E-state index in [0.717, 1.165) is 0 Å². The Balaban J connectivity index is 2.44. The van der Waals surface area contributed by atoms with Crippen LogP contribution in [0.15, 0.2) is 0 Å². The van der Waals surface area contributed by atoms with Gasteiger partial charge in [-0.15, -0.1) is 0 Å². The molecule has 1 fully saturated rings. The van der Waals surface area contributed by atoms with E-state index in [-0.39, 0.29) is 30.8 Å². The number of rotatable bonds is 4. The highest BCUT2D eigenvalue weighted by Gasteiger charge is 2.26. The van der Waals surface area contributed by atoms with E-state index >= 15 is 0 Å². The summed E-state index contributed by atoms with van der Waals surface area (Å²) in [6.45, 7) is 4.47. The summed E-state index contributed by atoms with van der Waals surface area (Å²) in [5, 5.41) is 8.03. The number of likely N-dealkylation sites (N-methyl/N-ethyl adjacent to an activating group) is 1. The number of carbonyl (C=O) groups is 3. The molecule has 7 heteroatoms. The third kappa shape index (κ3) is 3.69. The second-order valence-electron chi connectivity index (χ2n) is 4.32. The van der Waals surface area contributed by atoms with E-state index in [1.165, 1.54) is 0 Å². The van der Waals surface area contributed by atoms with Gasteiger partial charge in [-0.3, -0.25) is 19.7 Å². The van der Waals surface area contributed by atoms with Gasteiger partial charge >= 0.3 is 0 Å². The van der Waals surface area contributed by atoms with E-state index < -0.39 is 12.1 Å². The molecular weight excluding hydrogens is 236 g/mol. The molecule has 1 aliphatic heterocycles. The molecule has 2 unspecified atom stereocenters. The van der Waals surface area contributed by atoms with Gasteiger partial charge in [-0.25, -0.2) is 0 Å². The van der Waals surface area contributed by atoms with Crippen molar-refractivity contribution in [1.82, 2.24) is 20.9 Å². The molecule has 0 aliphatic carbocycles. The van der Waals surface area contributed by atoms with Gasteiger partial charge in [0.15, 0.2) is 0 Å². The van der Waals surface area contributed by atoms with Crippen molar-refractivity contribution in [1.29, 1.82) is 0 Å². The number of piperazine rings is 1. The Labute approximate surface area is 106 Å². The van der Waals surface area contributed by atoms with Gasteiger partial charge in [0, 0.05) is 20.1 Å². The van der Waals surface area contributed by atoms with Crippen molar-refractivity contribution in [3.05, 3.63) is 0 Å². The van der Waals surface area contributed by atoms with Crippen LogP contribution in [0, 0.1) is 0 Å². The minimum Gasteiger partial charge on any atom is -0.353 e. The first-order valence-electron chi connectivity index (χ1n) is 6.01. The summed E-state index contributed by atoms with van der Waals surface area (Å²) >= 11 is 0. The lowest BCUT2D eigenvalue weighted by atomic mass is 10.2. The summed E-state index contributed by atoms with van der Waals surface area (Å²) in [4.78, 5) is 36.1. The van der Waals surface area contributed by atoms with Gasteiger partial charge in [-0.05, 0) is 13.8 Å². The van der Waals surface area contributed by atoms with Crippen LogP contribution < -0.4 is 16.0 Å². The topological polar surface area (TPSA) is 90.5 Å². The summed E-state index contributed by atoms with van der Waals surface area (Å²) in [6.07, 6.45) is 0. The molecule has 1 saturated heterocycles. The van der Waals surface area contributed by atoms with Crippen molar-refractivity contribution >= 4 is 17.7 Å². The van der Waals surface area contributed by atoms with Crippen molar-refractivity contribution in [2.75, 3.05) is 26.7 Å². The Morgan fingerprint density at radius 3 is 2.72 bits per heavy atom. The highest BCUT2D eigenvalue weighted by molar-refractivity contribution is 5.91. The van der Waals surface area contributed by atoms with E-state index in [4.69, 9.17) is 0 Å². The molecule has 3 N–H and O–H groups in total. The quantitative estimate of drug-likeness (QED) is 0.546. The molecule has 18 heavy (non-hydrogen) atoms. The van der Waals surface area contributed by atoms with Crippen molar-refractivity contribution in [2.45, 2.75) is 25.9 Å². The molecule has 0 aromatic carbocycles. The standard InChI is InChI=1S/C11H20N4O3/c1-4-15(3)11(18)7(2)14-10(17)8-5-13-9(16)6-12-8/h7-8,12H,4-6H2,1-3H3,(H,13,16)(H,14,17). The SMILES string of the molecule is CCN(C)C(=O)C(C)NC(=O)C1CNC(=O)CN1. The van der Waals surface area contributed by atoms with Crippen LogP contribution in [0.4, 0.5) is 0 Å². The van der Waals surface area contributed by atoms with E-state index in [1.807, 2.05) is 6.92 Å². The lowest BCUT2D eigenvalue weighted by Gasteiger charge is -2.26. The fourth-order valence-electron chi connectivity index (χ4n) is 1.61. The zero-order valence-electron chi connectivity index (χ0n) is 10.9. The van der Waals surface area contributed by atoms with Crippen LogP contribution in [0.2, 0.25) is 0 Å². The fourth-order valence-corrected chi connectivity index (χ4v) is 1.61. The number of carbonyl (C=O) groups excluding carboxylic acids is 3. The maximum atomic E-state index is 11.8. The van der Waals surface area contributed by atoms with Crippen LogP contribution in [-0.4, -0.2) is 61.4 Å². The zero-order chi connectivity index (χ0) is 13.7. The van der Waals surface area contributed by atoms with Crippen LogP contribution in [0.3, 0.4) is 0 Å². The number of nitrogens with zero attached hydrogens (tertiary/aromatic N) is 1. The van der Waals surface area contributed by atoms with Gasteiger partial charge in [0.2, 0.25) is 17.7 Å². The average molecular weight is 256 g/mol. The van der Waals surface area contributed by atoms with Crippen LogP contribution in [0.25, 0.3) is 0 Å². The molecule has 3 amide bonds. The molecule has 0 saturated carbocycles. The molecule has 0 radical (unpaired) electrons. The number of nitrogens with one attached hydrogen (secondary N) is 3. The van der Waals surface area contributed by atoms with E-state index in [0.29, 0.717) is 6.54 Å². The first kappa shape index (κ1) is 14.4. The highest BCUT2D eigenvalue weighted by Crippen LogP contribution is 1.94. The minimum absolute atomic E-state index is 0.120. The third-order valence-electron chi connectivity index (χ3n) is 2.91. The lowest BCUT2D eigenvalue weighted by Crippen LogP contribution is -2.60. The van der Waals surface area contributed by atoms with Crippen molar-refractivity contribution < 1.29 is 14.4 Å². The molecular formula is C11H20N4O3. The molecule has 1 rings (SSSR count). The first-order valence-corrected chi connectivity index (χ1v) is 6.01. The van der Waals surface area contributed by atoms with E-state index in [9.17, 15) is 14.4 Å². The van der Waals surface area contributed by atoms with Crippen LogP contribution in [0.1, 0.15) is 13.8 Å². The molecule has 102 valence electrons. The van der Waals surface area contributed by atoms with Gasteiger partial charge < -0.3 is 15.5 Å². The summed E-state index contributed by atoms with van der Waals surface area (Å²) < 4.78 is 0. The highest BCUT2D eigenvalue weighted by atomic mass is 16.2. The molecule has 0 bridgehead atoms. The Bertz CT molecular complexity index is 335. The second kappa shape index (κ2) is 6.34. The van der Waals surface area contributed by atoms with Gasteiger partial charge in [0.25, 0.3) is 0 Å². The smallest absolute Gasteiger partial charge is 0.244 e. The average Bonchev–Trinajstić information content (AvgIpc) is 2.37. The lowest BCUT2D eigenvalue weighted by molar-refractivity contribution is -0.135. The Morgan fingerprint density at radius 1 is 1.56 bits per heavy atom. The minimum atomic E-state index is -0.568. The molecule has 7 nitrogen and oxygen atoms in total. The molecule has 0 aromatic rings. The molecule has 2 atom stereocenters. The van der Waals surface area contributed by atoms with Gasteiger partial charge in [-0.2, -0.15) is 0 Å². The molecule has 0 aromatic heterocycles. The normalized spacial score (nSPS) is 20.8. The van der Waals surface area contributed by atoms with E-state index in [2.05, 4.69) is 16.0 Å². The molecule has 1 heterocycles. The predicted molar refractivity (Wildman–Crippen MR) is 65.7 cm³/mol.